The Labute approximate surface area is 138 Å². The maximum Gasteiger partial charge on any atom is 0.222 e. The molecule has 3 rings (SSSR count). The number of likely N-dealkylation sites (tertiary alicyclic amines) is 2. The van der Waals surface area contributed by atoms with E-state index in [4.69, 9.17) is 9.15 Å². The number of nitrogens with zero attached hydrogens (tertiary/aromatic N) is 2. The van der Waals surface area contributed by atoms with E-state index in [-0.39, 0.29) is 11.3 Å². The van der Waals surface area contributed by atoms with Gasteiger partial charge in [0.25, 0.3) is 0 Å². The van der Waals surface area contributed by atoms with E-state index in [1.165, 1.54) is 12.8 Å². The van der Waals surface area contributed by atoms with Gasteiger partial charge >= 0.3 is 0 Å². The molecule has 23 heavy (non-hydrogen) atoms. The molecule has 1 spiro atoms. The third kappa shape index (κ3) is 3.96. The molecule has 1 amide bonds. The van der Waals surface area contributed by atoms with Gasteiger partial charge in [-0.25, -0.2) is 0 Å². The predicted octanol–water partition coefficient (Wildman–Crippen LogP) is 2.44. The average Bonchev–Trinajstić information content (AvgIpc) is 2.94. The van der Waals surface area contributed by atoms with Gasteiger partial charge < -0.3 is 14.1 Å². The second-order valence-corrected chi connectivity index (χ2v) is 7.13. The van der Waals surface area contributed by atoms with Crippen LogP contribution in [-0.2, 0) is 16.1 Å². The van der Waals surface area contributed by atoms with Gasteiger partial charge in [-0.1, -0.05) is 0 Å². The Bertz CT molecular complexity index is 542. The molecular weight excluding hydrogens is 292 g/mol. The molecule has 128 valence electrons. The molecule has 1 atom stereocenters. The first-order chi connectivity index (χ1) is 11.1. The number of furan rings is 1. The van der Waals surface area contributed by atoms with Crippen LogP contribution in [0.15, 0.2) is 16.5 Å². The van der Waals surface area contributed by atoms with E-state index in [2.05, 4.69) is 11.0 Å². The molecule has 5 heteroatoms. The minimum atomic E-state index is 0.252. The summed E-state index contributed by atoms with van der Waals surface area (Å²) in [7, 11) is 1.69. The van der Waals surface area contributed by atoms with Gasteiger partial charge in [-0.15, -0.1) is 0 Å². The normalized spacial score (nSPS) is 26.2. The Morgan fingerprint density at radius 2 is 2.17 bits per heavy atom. The molecule has 2 fully saturated rings. The van der Waals surface area contributed by atoms with E-state index >= 15 is 0 Å². The van der Waals surface area contributed by atoms with Crippen molar-refractivity contribution < 1.29 is 13.9 Å². The van der Waals surface area contributed by atoms with Crippen molar-refractivity contribution in [3.63, 3.8) is 0 Å². The van der Waals surface area contributed by atoms with E-state index in [1.54, 1.807) is 7.11 Å². The maximum atomic E-state index is 12.1. The SMILES string of the molecule is COCCN1C[C@@]2(CCCN(Cc3ccc(C)o3)C2)CCC1=O. The lowest BCUT2D eigenvalue weighted by Crippen LogP contribution is -2.54. The number of ether oxygens (including phenoxy) is 1. The van der Waals surface area contributed by atoms with Crippen molar-refractivity contribution in [3.05, 3.63) is 23.7 Å². The van der Waals surface area contributed by atoms with Gasteiger partial charge in [0.1, 0.15) is 11.5 Å². The number of hydrogen-bond donors (Lipinski definition) is 0. The first-order valence-corrected chi connectivity index (χ1v) is 8.65. The monoisotopic (exact) mass is 320 g/mol. The fourth-order valence-corrected chi connectivity index (χ4v) is 4.08. The Morgan fingerprint density at radius 1 is 1.30 bits per heavy atom. The quantitative estimate of drug-likeness (QED) is 0.836. The van der Waals surface area contributed by atoms with Crippen molar-refractivity contribution in [2.75, 3.05) is 39.9 Å². The lowest BCUT2D eigenvalue weighted by molar-refractivity contribution is -0.140. The van der Waals surface area contributed by atoms with Crippen LogP contribution < -0.4 is 0 Å². The van der Waals surface area contributed by atoms with Gasteiger partial charge in [-0.2, -0.15) is 0 Å². The topological polar surface area (TPSA) is 45.9 Å². The highest BCUT2D eigenvalue weighted by Gasteiger charge is 2.41. The largest absolute Gasteiger partial charge is 0.465 e. The number of rotatable bonds is 5. The Morgan fingerprint density at radius 3 is 2.91 bits per heavy atom. The number of hydrogen-bond acceptors (Lipinski definition) is 4. The molecule has 1 aromatic rings. The van der Waals surface area contributed by atoms with Gasteiger partial charge in [0.2, 0.25) is 5.91 Å². The van der Waals surface area contributed by atoms with Gasteiger partial charge in [0.15, 0.2) is 0 Å². The van der Waals surface area contributed by atoms with Crippen LogP contribution in [-0.4, -0.2) is 55.6 Å². The van der Waals surface area contributed by atoms with Gasteiger partial charge in [0.05, 0.1) is 13.2 Å². The molecule has 0 saturated carbocycles. The highest BCUT2D eigenvalue weighted by atomic mass is 16.5. The van der Waals surface area contributed by atoms with Crippen LogP contribution in [0.25, 0.3) is 0 Å². The highest BCUT2D eigenvalue weighted by Crippen LogP contribution is 2.39. The van der Waals surface area contributed by atoms with Gasteiger partial charge in [-0.3, -0.25) is 9.69 Å². The van der Waals surface area contributed by atoms with Crippen LogP contribution in [0.4, 0.5) is 0 Å². The van der Waals surface area contributed by atoms with E-state index in [0.29, 0.717) is 19.6 Å². The van der Waals surface area contributed by atoms with Crippen molar-refractivity contribution in [3.8, 4) is 0 Å². The number of amides is 1. The zero-order valence-corrected chi connectivity index (χ0v) is 14.3. The molecule has 0 aromatic carbocycles. The molecule has 0 radical (unpaired) electrons. The fraction of sp³-hybridized carbons (Fsp3) is 0.722. The summed E-state index contributed by atoms with van der Waals surface area (Å²) in [6.45, 7) is 7.26. The Balaban J connectivity index is 1.63. The molecule has 3 heterocycles. The maximum absolute atomic E-state index is 12.1. The average molecular weight is 320 g/mol. The zero-order valence-electron chi connectivity index (χ0n) is 14.3. The summed E-state index contributed by atoms with van der Waals surface area (Å²) < 4.78 is 10.9. The molecule has 2 saturated heterocycles. The van der Waals surface area contributed by atoms with Crippen molar-refractivity contribution in [2.45, 2.75) is 39.2 Å². The van der Waals surface area contributed by atoms with Crippen LogP contribution >= 0.6 is 0 Å². The summed E-state index contributed by atoms with van der Waals surface area (Å²) >= 11 is 0. The van der Waals surface area contributed by atoms with E-state index in [1.807, 2.05) is 17.9 Å². The fourth-order valence-electron chi connectivity index (χ4n) is 4.08. The zero-order chi connectivity index (χ0) is 16.3. The predicted molar refractivity (Wildman–Crippen MR) is 88.1 cm³/mol. The third-order valence-corrected chi connectivity index (χ3v) is 5.23. The van der Waals surface area contributed by atoms with E-state index in [0.717, 1.165) is 44.1 Å². The highest BCUT2D eigenvalue weighted by molar-refractivity contribution is 5.77. The van der Waals surface area contributed by atoms with Crippen LogP contribution in [0.2, 0.25) is 0 Å². The lowest BCUT2D eigenvalue weighted by Gasteiger charge is -2.48. The molecule has 0 N–H and O–H groups in total. The first-order valence-electron chi connectivity index (χ1n) is 8.65. The third-order valence-electron chi connectivity index (χ3n) is 5.23. The van der Waals surface area contributed by atoms with E-state index in [9.17, 15) is 4.79 Å². The summed E-state index contributed by atoms with van der Waals surface area (Å²) in [6, 6.07) is 4.10. The van der Waals surface area contributed by atoms with Crippen LogP contribution in [0.1, 0.15) is 37.2 Å². The number of carbonyl (C=O) groups is 1. The Kier molecular flexibility index (Phi) is 5.07. The number of carbonyl (C=O) groups excluding carboxylic acids is 1. The molecule has 0 unspecified atom stereocenters. The summed E-state index contributed by atoms with van der Waals surface area (Å²) in [5, 5.41) is 0. The smallest absolute Gasteiger partial charge is 0.222 e. The van der Waals surface area contributed by atoms with Crippen LogP contribution in [0.5, 0.6) is 0 Å². The molecule has 2 aliphatic heterocycles. The standard InChI is InChI=1S/C18H28N2O3/c1-15-4-5-16(23-15)12-19-9-3-7-18(13-19)8-6-17(21)20(14-18)10-11-22-2/h4-5H,3,6-14H2,1-2H3/t18-/m0/s1. The van der Waals surface area contributed by atoms with Gasteiger partial charge in [0, 0.05) is 38.6 Å². The summed E-state index contributed by atoms with van der Waals surface area (Å²) in [6.07, 6.45) is 4.11. The molecule has 1 aromatic heterocycles. The summed E-state index contributed by atoms with van der Waals surface area (Å²) in [5.74, 6) is 2.30. The van der Waals surface area contributed by atoms with Gasteiger partial charge in [-0.05, 0) is 44.9 Å². The van der Waals surface area contributed by atoms with E-state index < -0.39 is 0 Å². The molecule has 0 bridgehead atoms. The summed E-state index contributed by atoms with van der Waals surface area (Å²) in [5.41, 5.74) is 0.252. The van der Waals surface area contributed by atoms with Crippen molar-refractivity contribution >= 4 is 5.91 Å². The second kappa shape index (κ2) is 7.05. The van der Waals surface area contributed by atoms with Crippen molar-refractivity contribution in [1.82, 2.24) is 9.80 Å². The van der Waals surface area contributed by atoms with Crippen LogP contribution in [0.3, 0.4) is 0 Å². The molecule has 0 aliphatic carbocycles. The van der Waals surface area contributed by atoms with Crippen molar-refractivity contribution in [2.24, 2.45) is 5.41 Å². The summed E-state index contributed by atoms with van der Waals surface area (Å²) in [4.78, 5) is 16.6. The minimum absolute atomic E-state index is 0.252. The van der Waals surface area contributed by atoms with Crippen LogP contribution in [0, 0.1) is 12.3 Å². The number of methoxy groups -OCH3 is 1. The van der Waals surface area contributed by atoms with Crippen molar-refractivity contribution in [1.29, 1.82) is 0 Å². The number of piperidine rings is 2. The minimum Gasteiger partial charge on any atom is -0.465 e. The lowest BCUT2D eigenvalue weighted by atomic mass is 9.73. The number of aryl methyl sites for hydroxylation is 1. The Hall–Kier alpha value is -1.33. The molecule has 5 nitrogen and oxygen atoms in total. The first kappa shape index (κ1) is 16.5. The second-order valence-electron chi connectivity index (χ2n) is 7.13. The molecular formula is C18H28N2O3. The molecule has 2 aliphatic rings.